The van der Waals surface area contributed by atoms with Crippen LogP contribution in [0.5, 0.6) is 0 Å². The van der Waals surface area contributed by atoms with Gasteiger partial charge in [-0.3, -0.25) is 20.2 Å². The zero-order valence-electron chi connectivity index (χ0n) is 15.6. The van der Waals surface area contributed by atoms with Crippen LogP contribution in [-0.2, 0) is 20.2 Å². The van der Waals surface area contributed by atoms with Crippen molar-refractivity contribution >= 4 is 92.6 Å². The number of hydrogen-bond acceptors (Lipinski definition) is 10. The second kappa shape index (κ2) is 11.2. The first kappa shape index (κ1) is 29.9. The second-order valence-corrected chi connectivity index (χ2v) is 9.03. The molecular weight excluding hydrogens is 531 g/mol. The molecule has 0 N–H and O–H groups in total. The Hall–Kier alpha value is -1.10. The van der Waals surface area contributed by atoms with Gasteiger partial charge in [-0.1, -0.05) is 23.2 Å². The Balaban J connectivity index is 0.000000562. The zero-order chi connectivity index (χ0) is 23.6. The standard InChI is InChI=1S/2C7H6ClNO5S.Ca/c2*1-4-6(8)2-5(9(10)11)3-7(4)15(12,13)14;/h2*2-3H,1H3,(H,12,13,14);/q;;+2/p-2. The molecule has 0 aliphatic heterocycles. The van der Waals surface area contributed by atoms with Crippen LogP contribution in [-0.4, -0.2) is 73.5 Å². The van der Waals surface area contributed by atoms with E-state index in [1.807, 2.05) is 0 Å². The van der Waals surface area contributed by atoms with Crippen molar-refractivity contribution < 1.29 is 35.8 Å². The van der Waals surface area contributed by atoms with Gasteiger partial charge >= 0.3 is 37.7 Å². The fourth-order valence-corrected chi connectivity index (χ4v) is 4.05. The van der Waals surface area contributed by atoms with Crippen molar-refractivity contribution in [2.24, 2.45) is 0 Å². The molecule has 0 saturated carbocycles. The number of nitro groups is 2. The summed E-state index contributed by atoms with van der Waals surface area (Å²) in [5, 5.41) is 20.5. The van der Waals surface area contributed by atoms with Gasteiger partial charge in [-0.2, -0.15) is 0 Å². The van der Waals surface area contributed by atoms with Crippen molar-refractivity contribution in [3.05, 3.63) is 65.7 Å². The molecule has 2 rings (SSSR count). The molecule has 0 aliphatic rings. The Morgan fingerprint density at radius 3 is 1.16 bits per heavy atom. The molecular formula is C14H10CaCl2N2O10S2. The van der Waals surface area contributed by atoms with Crippen LogP contribution in [0, 0.1) is 34.1 Å². The quantitative estimate of drug-likeness (QED) is 0.240. The summed E-state index contributed by atoms with van der Waals surface area (Å²) in [6.45, 7) is 2.60. The molecule has 164 valence electrons. The van der Waals surface area contributed by atoms with Gasteiger partial charge in [0, 0.05) is 24.3 Å². The van der Waals surface area contributed by atoms with Gasteiger partial charge in [0.2, 0.25) is 0 Å². The van der Waals surface area contributed by atoms with Crippen molar-refractivity contribution in [2.75, 3.05) is 0 Å². The zero-order valence-corrected chi connectivity index (χ0v) is 20.9. The van der Waals surface area contributed by atoms with Gasteiger partial charge in [0.15, 0.2) is 0 Å². The topological polar surface area (TPSA) is 201 Å². The maximum atomic E-state index is 10.7. The van der Waals surface area contributed by atoms with Crippen LogP contribution in [0.4, 0.5) is 11.4 Å². The van der Waals surface area contributed by atoms with Crippen molar-refractivity contribution in [3.63, 3.8) is 0 Å². The summed E-state index contributed by atoms with van der Waals surface area (Å²) < 4.78 is 64.5. The number of halogens is 2. The number of non-ortho nitro benzene ring substituents is 2. The molecule has 2 aromatic carbocycles. The van der Waals surface area contributed by atoms with E-state index in [9.17, 15) is 46.2 Å². The van der Waals surface area contributed by atoms with Crippen LogP contribution in [0.2, 0.25) is 10.0 Å². The summed E-state index contributed by atoms with van der Waals surface area (Å²) in [5.74, 6) is 0. The second-order valence-electron chi connectivity index (χ2n) is 5.52. The maximum Gasteiger partial charge on any atom is 2.00 e. The third-order valence-electron chi connectivity index (χ3n) is 3.52. The Labute approximate surface area is 216 Å². The van der Waals surface area contributed by atoms with E-state index < -0.39 is 51.2 Å². The molecule has 0 fully saturated rings. The van der Waals surface area contributed by atoms with Crippen LogP contribution in [0.15, 0.2) is 34.1 Å². The van der Waals surface area contributed by atoms with Crippen LogP contribution in [0.1, 0.15) is 11.1 Å². The SMILES string of the molecule is Cc1c(Cl)cc([N+](=O)[O-])cc1S(=O)(=O)[O-].Cc1c(Cl)cc([N+](=O)[O-])cc1S(=O)(=O)[O-].[Ca+2]. The van der Waals surface area contributed by atoms with Crippen LogP contribution >= 0.6 is 23.2 Å². The van der Waals surface area contributed by atoms with Gasteiger partial charge in [-0.25, -0.2) is 16.8 Å². The van der Waals surface area contributed by atoms with Crippen molar-refractivity contribution in [2.45, 2.75) is 23.6 Å². The molecule has 0 saturated heterocycles. The minimum Gasteiger partial charge on any atom is -0.744 e. The molecule has 0 aromatic heterocycles. The third kappa shape index (κ3) is 8.07. The van der Waals surface area contributed by atoms with Crippen molar-refractivity contribution in [1.29, 1.82) is 0 Å². The Morgan fingerprint density at radius 2 is 0.968 bits per heavy atom. The monoisotopic (exact) mass is 540 g/mol. The molecule has 0 spiro atoms. The van der Waals surface area contributed by atoms with E-state index in [1.54, 1.807) is 0 Å². The number of rotatable bonds is 4. The fourth-order valence-electron chi connectivity index (χ4n) is 2.01. The first-order valence-electron chi connectivity index (χ1n) is 7.27. The van der Waals surface area contributed by atoms with E-state index in [2.05, 4.69) is 0 Å². The molecule has 0 aliphatic carbocycles. The maximum absolute atomic E-state index is 10.7. The Bertz CT molecular complexity index is 1150. The number of nitrogens with zero attached hydrogens (tertiary/aromatic N) is 2. The molecule has 17 heteroatoms. The summed E-state index contributed by atoms with van der Waals surface area (Å²) in [6, 6.07) is 3.38. The van der Waals surface area contributed by atoms with E-state index in [0.29, 0.717) is 12.1 Å². The molecule has 0 amide bonds. The van der Waals surface area contributed by atoms with Crippen LogP contribution in [0.3, 0.4) is 0 Å². The minimum absolute atomic E-state index is 0. The van der Waals surface area contributed by atoms with Gasteiger partial charge in [-0.05, 0) is 25.0 Å². The Morgan fingerprint density at radius 1 is 0.710 bits per heavy atom. The van der Waals surface area contributed by atoms with E-state index >= 15 is 0 Å². The average molecular weight is 541 g/mol. The van der Waals surface area contributed by atoms with Crippen molar-refractivity contribution in [3.8, 4) is 0 Å². The average Bonchev–Trinajstić information content (AvgIpc) is 2.57. The predicted octanol–water partition coefficient (Wildman–Crippen LogP) is 2.54. The number of hydrogen-bond donors (Lipinski definition) is 0. The van der Waals surface area contributed by atoms with Gasteiger partial charge < -0.3 is 9.11 Å². The van der Waals surface area contributed by atoms with E-state index in [1.165, 1.54) is 13.8 Å². The van der Waals surface area contributed by atoms with E-state index in [0.717, 1.165) is 12.1 Å². The predicted molar refractivity (Wildman–Crippen MR) is 107 cm³/mol. The normalized spacial score (nSPS) is 11.0. The summed E-state index contributed by atoms with van der Waals surface area (Å²) in [4.78, 5) is 17.8. The van der Waals surface area contributed by atoms with Crippen molar-refractivity contribution in [1.82, 2.24) is 0 Å². The molecule has 2 aromatic rings. The number of benzene rings is 2. The summed E-state index contributed by atoms with van der Waals surface area (Å²) >= 11 is 11.1. The van der Waals surface area contributed by atoms with E-state index in [-0.39, 0.29) is 58.9 Å². The third-order valence-corrected chi connectivity index (χ3v) is 6.23. The molecule has 31 heavy (non-hydrogen) atoms. The number of nitro benzene ring substituents is 2. The van der Waals surface area contributed by atoms with Gasteiger partial charge in [0.1, 0.15) is 20.2 Å². The first-order chi connectivity index (χ1) is 13.5. The molecule has 0 unspecified atom stereocenters. The minimum atomic E-state index is -4.75. The molecule has 0 radical (unpaired) electrons. The first-order valence-corrected chi connectivity index (χ1v) is 10.8. The molecule has 0 heterocycles. The summed E-state index contributed by atoms with van der Waals surface area (Å²) in [7, 11) is -9.50. The molecule has 12 nitrogen and oxygen atoms in total. The molecule has 0 bridgehead atoms. The Kier molecular flexibility index (Phi) is 10.8. The van der Waals surface area contributed by atoms with Gasteiger partial charge in [0.25, 0.3) is 11.4 Å². The van der Waals surface area contributed by atoms with E-state index in [4.69, 9.17) is 23.2 Å². The van der Waals surface area contributed by atoms with Gasteiger partial charge in [0.05, 0.1) is 29.7 Å². The van der Waals surface area contributed by atoms with Gasteiger partial charge in [-0.15, -0.1) is 0 Å². The largest absolute Gasteiger partial charge is 2.00 e. The summed E-state index contributed by atoms with van der Waals surface area (Å²) in [5.41, 5.74) is -1.03. The molecule has 0 atom stereocenters. The van der Waals surface area contributed by atoms with Crippen LogP contribution < -0.4 is 0 Å². The fraction of sp³-hybridized carbons (Fsp3) is 0.143. The smallest absolute Gasteiger partial charge is 0.744 e. The van der Waals surface area contributed by atoms with Crippen LogP contribution in [0.25, 0.3) is 0 Å². The summed E-state index contributed by atoms with van der Waals surface area (Å²) in [6.07, 6.45) is 0.